The standard InChI is InChI=1S/C26H29ClN2O4/c1-15-8-9-20(27)13-23(15)29-16(2)11-19(17(29)3)12-22-24(26(31)32-5)18(4)28(25(22)30)14-21-7-6-10-33-21/h8-9,11-13,21H,6-7,10,14H2,1-5H3/b22-12-/t21-/m1/s1. The first kappa shape index (κ1) is 23.3. The van der Waals surface area contributed by atoms with Crippen molar-refractivity contribution in [2.75, 3.05) is 20.3 Å². The minimum atomic E-state index is -0.513. The SMILES string of the molecule is COC(=O)C1=C(C)N(C[C@H]2CCCO2)C(=O)/C1=C\c1cc(C)n(-c2cc(Cl)ccc2C)c1C. The Balaban J connectivity index is 1.78. The second-order valence-corrected chi connectivity index (χ2v) is 9.09. The molecule has 0 spiro atoms. The topological polar surface area (TPSA) is 60.8 Å². The molecule has 33 heavy (non-hydrogen) atoms. The van der Waals surface area contributed by atoms with Gasteiger partial charge in [-0.2, -0.15) is 0 Å². The summed E-state index contributed by atoms with van der Waals surface area (Å²) in [6.07, 6.45) is 3.67. The zero-order chi connectivity index (χ0) is 23.9. The summed E-state index contributed by atoms with van der Waals surface area (Å²) in [5.41, 5.74) is 6.16. The molecule has 1 amide bonds. The van der Waals surface area contributed by atoms with Gasteiger partial charge in [-0.15, -0.1) is 0 Å². The molecule has 1 atom stereocenters. The Morgan fingerprint density at radius 3 is 2.67 bits per heavy atom. The molecule has 174 valence electrons. The Hall–Kier alpha value is -2.83. The van der Waals surface area contributed by atoms with Crippen LogP contribution in [0.2, 0.25) is 5.02 Å². The summed E-state index contributed by atoms with van der Waals surface area (Å²) in [7, 11) is 1.33. The fourth-order valence-electron chi connectivity index (χ4n) is 4.72. The largest absolute Gasteiger partial charge is 0.465 e. The molecule has 7 heteroatoms. The van der Waals surface area contributed by atoms with Crippen LogP contribution in [0.25, 0.3) is 11.8 Å². The molecule has 2 aliphatic rings. The van der Waals surface area contributed by atoms with Gasteiger partial charge in [-0.3, -0.25) is 4.79 Å². The van der Waals surface area contributed by atoms with Crippen LogP contribution in [-0.4, -0.2) is 47.7 Å². The van der Waals surface area contributed by atoms with Crippen molar-refractivity contribution in [3.63, 3.8) is 0 Å². The lowest BCUT2D eigenvalue weighted by Crippen LogP contribution is -2.33. The van der Waals surface area contributed by atoms with Crippen molar-refractivity contribution in [3.8, 4) is 5.69 Å². The number of allylic oxidation sites excluding steroid dienone is 1. The molecule has 0 radical (unpaired) electrons. The second-order valence-electron chi connectivity index (χ2n) is 8.65. The first-order chi connectivity index (χ1) is 15.7. The highest BCUT2D eigenvalue weighted by atomic mass is 35.5. The van der Waals surface area contributed by atoms with E-state index in [1.165, 1.54) is 7.11 Å². The van der Waals surface area contributed by atoms with Crippen LogP contribution in [-0.2, 0) is 19.1 Å². The fraction of sp³-hybridized carbons (Fsp3) is 0.385. The van der Waals surface area contributed by atoms with Gasteiger partial charge in [-0.1, -0.05) is 17.7 Å². The van der Waals surface area contributed by atoms with Crippen molar-refractivity contribution >= 4 is 29.6 Å². The van der Waals surface area contributed by atoms with Crippen molar-refractivity contribution < 1.29 is 19.1 Å². The number of rotatable bonds is 5. The molecule has 2 aliphatic heterocycles. The quantitative estimate of drug-likeness (QED) is 0.462. The van der Waals surface area contributed by atoms with Gasteiger partial charge in [0, 0.05) is 34.4 Å². The summed E-state index contributed by atoms with van der Waals surface area (Å²) in [5.74, 6) is -0.714. The third kappa shape index (κ3) is 4.25. The van der Waals surface area contributed by atoms with E-state index in [1.807, 2.05) is 45.0 Å². The number of hydrogen-bond acceptors (Lipinski definition) is 4. The van der Waals surface area contributed by atoms with Gasteiger partial charge in [0.1, 0.15) is 0 Å². The average molecular weight is 469 g/mol. The van der Waals surface area contributed by atoms with Gasteiger partial charge in [0.15, 0.2) is 0 Å². The van der Waals surface area contributed by atoms with Gasteiger partial charge >= 0.3 is 5.97 Å². The minimum Gasteiger partial charge on any atom is -0.465 e. The van der Waals surface area contributed by atoms with Crippen LogP contribution in [0.15, 0.2) is 41.1 Å². The number of ether oxygens (including phenoxy) is 2. The van der Waals surface area contributed by atoms with Gasteiger partial charge in [0.25, 0.3) is 5.91 Å². The fourth-order valence-corrected chi connectivity index (χ4v) is 4.89. The molecule has 0 aliphatic carbocycles. The highest BCUT2D eigenvalue weighted by Crippen LogP contribution is 2.34. The number of amides is 1. The Labute approximate surface area is 199 Å². The normalized spacial score (nSPS) is 19.8. The summed E-state index contributed by atoms with van der Waals surface area (Å²) >= 11 is 6.26. The average Bonchev–Trinajstić information content (AvgIpc) is 3.45. The zero-order valence-corrected chi connectivity index (χ0v) is 20.5. The zero-order valence-electron chi connectivity index (χ0n) is 19.7. The Bertz CT molecular complexity index is 1190. The van der Waals surface area contributed by atoms with Crippen LogP contribution < -0.4 is 0 Å². The van der Waals surface area contributed by atoms with Crippen molar-refractivity contribution in [2.24, 2.45) is 0 Å². The number of nitrogens with zero attached hydrogens (tertiary/aromatic N) is 2. The first-order valence-corrected chi connectivity index (χ1v) is 11.5. The molecule has 3 heterocycles. The summed E-state index contributed by atoms with van der Waals surface area (Å²) in [4.78, 5) is 27.7. The Kier molecular flexibility index (Phi) is 6.50. The summed E-state index contributed by atoms with van der Waals surface area (Å²) in [6.45, 7) is 8.97. The molecule has 0 bridgehead atoms. The number of aryl methyl sites for hydroxylation is 2. The smallest absolute Gasteiger partial charge is 0.340 e. The van der Waals surface area contributed by atoms with Crippen molar-refractivity contribution in [1.82, 2.24) is 9.47 Å². The highest BCUT2D eigenvalue weighted by Gasteiger charge is 2.38. The lowest BCUT2D eigenvalue weighted by Gasteiger charge is -2.21. The van der Waals surface area contributed by atoms with E-state index in [9.17, 15) is 9.59 Å². The highest BCUT2D eigenvalue weighted by molar-refractivity contribution is 6.30. The second kappa shape index (κ2) is 9.20. The summed E-state index contributed by atoms with van der Waals surface area (Å²) in [6, 6.07) is 7.80. The molecular formula is C26H29ClN2O4. The Morgan fingerprint density at radius 1 is 1.24 bits per heavy atom. The van der Waals surface area contributed by atoms with Crippen LogP contribution >= 0.6 is 11.6 Å². The minimum absolute atomic E-state index is 0.0157. The third-order valence-electron chi connectivity index (χ3n) is 6.49. The van der Waals surface area contributed by atoms with E-state index in [0.29, 0.717) is 35.0 Å². The predicted molar refractivity (Wildman–Crippen MR) is 128 cm³/mol. The molecule has 0 unspecified atom stereocenters. The van der Waals surface area contributed by atoms with Gasteiger partial charge in [0.05, 0.1) is 30.9 Å². The van der Waals surface area contributed by atoms with Crippen molar-refractivity contribution in [2.45, 2.75) is 46.6 Å². The maximum Gasteiger partial charge on any atom is 0.340 e. The Morgan fingerprint density at radius 2 is 2.00 bits per heavy atom. The molecule has 4 rings (SSSR count). The third-order valence-corrected chi connectivity index (χ3v) is 6.73. The van der Waals surface area contributed by atoms with Crippen LogP contribution in [0.5, 0.6) is 0 Å². The van der Waals surface area contributed by atoms with E-state index < -0.39 is 5.97 Å². The first-order valence-electron chi connectivity index (χ1n) is 11.1. The van der Waals surface area contributed by atoms with E-state index in [1.54, 1.807) is 17.9 Å². The lowest BCUT2D eigenvalue weighted by molar-refractivity contribution is -0.136. The van der Waals surface area contributed by atoms with Crippen molar-refractivity contribution in [3.05, 3.63) is 68.6 Å². The lowest BCUT2D eigenvalue weighted by atomic mass is 10.0. The monoisotopic (exact) mass is 468 g/mol. The number of benzene rings is 1. The molecule has 2 aromatic rings. The van der Waals surface area contributed by atoms with E-state index in [4.69, 9.17) is 21.1 Å². The van der Waals surface area contributed by atoms with Gasteiger partial charge in [-0.05, 0) is 75.9 Å². The number of methoxy groups -OCH3 is 1. The maximum absolute atomic E-state index is 13.4. The number of carbonyl (C=O) groups is 2. The van der Waals surface area contributed by atoms with Crippen LogP contribution in [0, 0.1) is 20.8 Å². The van der Waals surface area contributed by atoms with Gasteiger partial charge in [-0.25, -0.2) is 4.79 Å². The van der Waals surface area contributed by atoms with Crippen LogP contribution in [0.1, 0.15) is 42.3 Å². The van der Waals surface area contributed by atoms with Crippen LogP contribution in [0.3, 0.4) is 0 Å². The van der Waals surface area contributed by atoms with E-state index >= 15 is 0 Å². The maximum atomic E-state index is 13.4. The molecule has 6 nitrogen and oxygen atoms in total. The molecule has 0 saturated carbocycles. The van der Waals surface area contributed by atoms with E-state index in [2.05, 4.69) is 4.57 Å². The van der Waals surface area contributed by atoms with Crippen LogP contribution in [0.4, 0.5) is 0 Å². The van der Waals surface area contributed by atoms with Gasteiger partial charge < -0.3 is 18.9 Å². The number of halogens is 1. The molecular weight excluding hydrogens is 440 g/mol. The van der Waals surface area contributed by atoms with E-state index in [-0.39, 0.29) is 12.0 Å². The number of carbonyl (C=O) groups excluding carboxylic acids is 2. The number of esters is 1. The predicted octanol–water partition coefficient (Wildman–Crippen LogP) is 4.91. The molecule has 1 fully saturated rings. The molecule has 1 aromatic carbocycles. The van der Waals surface area contributed by atoms with Crippen molar-refractivity contribution in [1.29, 1.82) is 0 Å². The molecule has 1 aromatic heterocycles. The number of hydrogen-bond donors (Lipinski definition) is 0. The summed E-state index contributed by atoms with van der Waals surface area (Å²) < 4.78 is 12.9. The number of aromatic nitrogens is 1. The van der Waals surface area contributed by atoms with Gasteiger partial charge in [0.2, 0.25) is 0 Å². The summed E-state index contributed by atoms with van der Waals surface area (Å²) in [5, 5.41) is 0.658. The molecule has 0 N–H and O–H groups in total. The van der Waals surface area contributed by atoms with E-state index in [0.717, 1.165) is 41.0 Å². The molecule has 1 saturated heterocycles.